The van der Waals surface area contributed by atoms with E-state index in [1.54, 1.807) is 19.2 Å². The van der Waals surface area contributed by atoms with Gasteiger partial charge in [-0.25, -0.2) is 14.4 Å². The maximum atomic E-state index is 13.4. The van der Waals surface area contributed by atoms with Crippen molar-refractivity contribution in [2.45, 2.75) is 18.9 Å². The second kappa shape index (κ2) is 8.74. The lowest BCUT2D eigenvalue weighted by atomic mass is 10.0. The highest BCUT2D eigenvalue weighted by Crippen LogP contribution is 2.47. The van der Waals surface area contributed by atoms with Gasteiger partial charge in [0, 0.05) is 23.6 Å². The Morgan fingerprint density at radius 2 is 1.83 bits per heavy atom. The highest BCUT2D eigenvalue weighted by molar-refractivity contribution is 7.13. The minimum absolute atomic E-state index is 0.125. The Hall–Kier alpha value is -3.84. The van der Waals surface area contributed by atoms with Gasteiger partial charge in [-0.1, -0.05) is 30.3 Å². The van der Waals surface area contributed by atoms with Gasteiger partial charge in [-0.05, 0) is 66.8 Å². The highest BCUT2D eigenvalue weighted by Gasteiger charge is 2.36. The van der Waals surface area contributed by atoms with Crippen LogP contribution in [0.15, 0.2) is 78.2 Å². The second-order valence-corrected chi connectivity index (χ2v) is 9.68. The summed E-state index contributed by atoms with van der Waals surface area (Å²) in [5.41, 5.74) is 5.21. The van der Waals surface area contributed by atoms with Gasteiger partial charge in [-0.3, -0.25) is 4.79 Å². The average molecular weight is 483 g/mol. The predicted molar refractivity (Wildman–Crippen MR) is 137 cm³/mol. The molecule has 6 rings (SSSR count). The number of fused-ring (bicyclic) bond motifs is 1. The van der Waals surface area contributed by atoms with Gasteiger partial charge in [0.25, 0.3) is 5.91 Å². The summed E-state index contributed by atoms with van der Waals surface area (Å²) in [6.45, 7) is 0. The Labute approximate surface area is 206 Å². The first-order valence-electron chi connectivity index (χ1n) is 11.6. The number of carbonyl (C=O) groups is 1. The first kappa shape index (κ1) is 21.7. The smallest absolute Gasteiger partial charge is 0.251 e. The molecule has 7 heteroatoms. The van der Waals surface area contributed by atoms with Gasteiger partial charge in [0.15, 0.2) is 10.8 Å². The van der Waals surface area contributed by atoms with E-state index < -0.39 is 0 Å². The number of hydrogen-bond acceptors (Lipinski definition) is 4. The topological polar surface area (TPSA) is 59.8 Å². The van der Waals surface area contributed by atoms with Crippen molar-refractivity contribution in [3.05, 3.63) is 95.1 Å². The molecule has 0 aliphatic heterocycles. The number of amides is 1. The molecule has 0 radical (unpaired) electrons. The van der Waals surface area contributed by atoms with Gasteiger partial charge in [0.2, 0.25) is 0 Å². The molecule has 3 aromatic carbocycles. The number of rotatable bonds is 6. The zero-order chi connectivity index (χ0) is 23.9. The molecule has 2 heterocycles. The molecule has 1 aliphatic rings. The monoisotopic (exact) mass is 482 g/mol. The third-order valence-electron chi connectivity index (χ3n) is 6.50. The lowest BCUT2D eigenvalue weighted by molar-refractivity contribution is 0.0963. The normalized spacial score (nSPS) is 14.2. The largest absolute Gasteiger partial charge is 0.355 e. The molecule has 5 aromatic rings. The maximum absolute atomic E-state index is 13.4. The molecule has 0 saturated heterocycles. The highest BCUT2D eigenvalue weighted by atomic mass is 32.1. The second-order valence-electron chi connectivity index (χ2n) is 8.83. The van der Waals surface area contributed by atoms with Crippen LogP contribution >= 0.6 is 11.3 Å². The van der Waals surface area contributed by atoms with E-state index >= 15 is 0 Å². The number of imidazole rings is 1. The van der Waals surface area contributed by atoms with Crippen LogP contribution in [0, 0.1) is 11.7 Å². The van der Waals surface area contributed by atoms with E-state index in [1.807, 2.05) is 29.6 Å². The summed E-state index contributed by atoms with van der Waals surface area (Å²) in [5, 5.41) is 5.47. The van der Waals surface area contributed by atoms with Crippen LogP contribution in [0.2, 0.25) is 0 Å². The number of benzene rings is 3. The first-order chi connectivity index (χ1) is 17.1. The minimum Gasteiger partial charge on any atom is -0.355 e. The van der Waals surface area contributed by atoms with Crippen LogP contribution in [0.3, 0.4) is 0 Å². The fraction of sp³-hybridized carbons (Fsp3) is 0.179. The van der Waals surface area contributed by atoms with E-state index in [-0.39, 0.29) is 17.8 Å². The molecular formula is C28H23FN4OS. The van der Waals surface area contributed by atoms with E-state index in [2.05, 4.69) is 34.1 Å². The molecular weight excluding hydrogens is 459 g/mol. The Bertz CT molecular complexity index is 1520. The number of thiazole rings is 1. The molecule has 2 aromatic heterocycles. The predicted octanol–water partition coefficient (Wildman–Crippen LogP) is 6.32. The molecule has 35 heavy (non-hydrogen) atoms. The first-order valence-corrected chi connectivity index (χ1v) is 12.5. The summed E-state index contributed by atoms with van der Waals surface area (Å²) < 4.78 is 15.7. The lowest BCUT2D eigenvalue weighted by Gasteiger charge is -2.22. The van der Waals surface area contributed by atoms with Gasteiger partial charge >= 0.3 is 0 Å². The molecule has 1 aliphatic carbocycles. The molecule has 0 unspecified atom stereocenters. The quantitative estimate of drug-likeness (QED) is 0.308. The fourth-order valence-electron chi connectivity index (χ4n) is 4.64. The maximum Gasteiger partial charge on any atom is 0.251 e. The Morgan fingerprint density at radius 3 is 2.54 bits per heavy atom. The Balaban J connectivity index is 1.54. The average Bonchev–Trinajstić information content (AvgIpc) is 3.48. The molecule has 1 fully saturated rings. The SMILES string of the molecule is CNC(=O)c1ccc2c(c1)nc(-c1nc(-c3ccc(F)cc3)cs1)n2[C@H](c1ccccc1)C1CC1. The van der Waals surface area contributed by atoms with Crippen molar-refractivity contribution in [1.82, 2.24) is 19.9 Å². The molecule has 1 saturated carbocycles. The van der Waals surface area contributed by atoms with E-state index in [0.717, 1.165) is 46.0 Å². The number of aromatic nitrogens is 3. The number of carbonyl (C=O) groups excluding carboxylic acids is 1. The number of halogens is 1. The molecule has 1 amide bonds. The summed E-state index contributed by atoms with van der Waals surface area (Å²) in [7, 11) is 1.63. The van der Waals surface area contributed by atoms with Crippen molar-refractivity contribution in [3.63, 3.8) is 0 Å². The van der Waals surface area contributed by atoms with Crippen LogP contribution in [0.4, 0.5) is 4.39 Å². The molecule has 0 bridgehead atoms. The summed E-state index contributed by atoms with van der Waals surface area (Å²) in [4.78, 5) is 22.2. The summed E-state index contributed by atoms with van der Waals surface area (Å²) in [6, 6.07) is 22.7. The van der Waals surface area contributed by atoms with Gasteiger partial charge in [-0.15, -0.1) is 11.3 Å². The van der Waals surface area contributed by atoms with Crippen LogP contribution in [0.5, 0.6) is 0 Å². The molecule has 1 atom stereocenters. The number of nitrogens with one attached hydrogen (secondary N) is 1. The lowest BCUT2D eigenvalue weighted by Crippen LogP contribution is -2.17. The summed E-state index contributed by atoms with van der Waals surface area (Å²) in [5.74, 6) is 0.891. The van der Waals surface area contributed by atoms with Gasteiger partial charge in [0.1, 0.15) is 5.82 Å². The van der Waals surface area contributed by atoms with Gasteiger partial charge < -0.3 is 9.88 Å². The van der Waals surface area contributed by atoms with Gasteiger partial charge in [-0.2, -0.15) is 0 Å². The minimum atomic E-state index is -0.270. The van der Waals surface area contributed by atoms with Crippen LogP contribution in [-0.2, 0) is 0 Å². The number of nitrogens with zero attached hydrogens (tertiary/aromatic N) is 3. The van der Waals surface area contributed by atoms with Crippen molar-refractivity contribution in [2.24, 2.45) is 5.92 Å². The molecule has 174 valence electrons. The van der Waals surface area contributed by atoms with E-state index in [1.165, 1.54) is 29.0 Å². The van der Waals surface area contributed by atoms with Crippen LogP contribution < -0.4 is 5.32 Å². The van der Waals surface area contributed by atoms with E-state index in [9.17, 15) is 9.18 Å². The van der Waals surface area contributed by atoms with Crippen molar-refractivity contribution >= 4 is 28.3 Å². The van der Waals surface area contributed by atoms with Crippen molar-refractivity contribution in [3.8, 4) is 22.1 Å². The summed E-state index contributed by atoms with van der Waals surface area (Å²) in [6.07, 6.45) is 2.32. The van der Waals surface area contributed by atoms with Crippen LogP contribution in [0.1, 0.15) is 34.8 Å². The molecule has 1 N–H and O–H groups in total. The van der Waals surface area contributed by atoms with Crippen molar-refractivity contribution < 1.29 is 9.18 Å². The van der Waals surface area contributed by atoms with Gasteiger partial charge in [0.05, 0.1) is 22.8 Å². The van der Waals surface area contributed by atoms with E-state index in [0.29, 0.717) is 11.5 Å². The zero-order valence-corrected chi connectivity index (χ0v) is 19.9. The Morgan fingerprint density at radius 1 is 1.06 bits per heavy atom. The van der Waals surface area contributed by atoms with E-state index in [4.69, 9.17) is 9.97 Å². The third-order valence-corrected chi connectivity index (χ3v) is 7.34. The molecule has 0 spiro atoms. The zero-order valence-electron chi connectivity index (χ0n) is 19.1. The third kappa shape index (κ3) is 4.02. The molecule has 5 nitrogen and oxygen atoms in total. The van der Waals surface area contributed by atoms with Crippen LogP contribution in [-0.4, -0.2) is 27.5 Å². The fourth-order valence-corrected chi connectivity index (χ4v) is 5.45. The van der Waals surface area contributed by atoms with Crippen LogP contribution in [0.25, 0.3) is 33.1 Å². The Kier molecular flexibility index (Phi) is 5.41. The van der Waals surface area contributed by atoms with Crippen molar-refractivity contribution in [1.29, 1.82) is 0 Å². The van der Waals surface area contributed by atoms with Crippen molar-refractivity contribution in [2.75, 3.05) is 7.05 Å². The number of hydrogen-bond donors (Lipinski definition) is 1. The standard InChI is InChI=1S/C28H23FN4OS/c1-30-27(34)20-11-14-24-22(15-20)31-26(28-32-23(16-35-28)17-9-12-21(29)13-10-17)33(24)25(19-7-8-19)18-5-3-2-4-6-18/h2-6,9-16,19,25H,7-8H2,1H3,(H,30,34)/t25-/m1/s1. The summed E-state index contributed by atoms with van der Waals surface area (Å²) >= 11 is 1.52.